The van der Waals surface area contributed by atoms with Crippen LogP contribution < -0.4 is 5.32 Å². The first kappa shape index (κ1) is 12.7. The standard InChI is InChI=1S/C8H13NO.C2H4O2/c1-2-7-5-3-4-6-9-8(7)10;1-2(3)4/h2,7H,1,3-6H2,(H,9,10);1H3,(H,3,4). The third kappa shape index (κ3) is 6.22. The zero-order valence-corrected chi connectivity index (χ0v) is 8.45. The minimum absolute atomic E-state index is 0.0579. The molecule has 0 aromatic carbocycles. The van der Waals surface area contributed by atoms with Crippen molar-refractivity contribution in [1.82, 2.24) is 5.32 Å². The molecule has 1 unspecified atom stereocenters. The molecule has 0 aromatic rings. The van der Waals surface area contributed by atoms with Crippen LogP contribution in [0.15, 0.2) is 12.7 Å². The van der Waals surface area contributed by atoms with Crippen molar-refractivity contribution in [3.8, 4) is 0 Å². The van der Waals surface area contributed by atoms with Crippen LogP contribution in [0.4, 0.5) is 0 Å². The Balaban J connectivity index is 0.000000364. The Morgan fingerprint density at radius 2 is 2.21 bits per heavy atom. The monoisotopic (exact) mass is 199 g/mol. The number of hydrogen-bond acceptors (Lipinski definition) is 2. The van der Waals surface area contributed by atoms with E-state index in [1.54, 1.807) is 6.08 Å². The summed E-state index contributed by atoms with van der Waals surface area (Å²) in [5.41, 5.74) is 0. The Hall–Kier alpha value is -1.32. The molecule has 0 radical (unpaired) electrons. The summed E-state index contributed by atoms with van der Waals surface area (Å²) in [5.74, 6) is -0.630. The molecule has 4 nitrogen and oxygen atoms in total. The Kier molecular flexibility index (Phi) is 6.45. The maximum absolute atomic E-state index is 11.1. The van der Waals surface area contributed by atoms with E-state index in [1.807, 2.05) is 0 Å². The topological polar surface area (TPSA) is 66.4 Å². The highest BCUT2D eigenvalue weighted by atomic mass is 16.4. The van der Waals surface area contributed by atoms with Gasteiger partial charge in [0.15, 0.2) is 0 Å². The van der Waals surface area contributed by atoms with Gasteiger partial charge in [-0.1, -0.05) is 12.5 Å². The van der Waals surface area contributed by atoms with E-state index in [0.717, 1.165) is 32.7 Å². The summed E-state index contributed by atoms with van der Waals surface area (Å²) in [6, 6.07) is 0. The van der Waals surface area contributed by atoms with Crippen LogP contribution >= 0.6 is 0 Å². The zero-order valence-electron chi connectivity index (χ0n) is 8.45. The van der Waals surface area contributed by atoms with Gasteiger partial charge >= 0.3 is 0 Å². The minimum atomic E-state index is -0.833. The zero-order chi connectivity index (χ0) is 11.0. The van der Waals surface area contributed by atoms with E-state index in [2.05, 4.69) is 11.9 Å². The normalized spacial score (nSPS) is 20.9. The average Bonchev–Trinajstić information content (AvgIpc) is 2.28. The van der Waals surface area contributed by atoms with Gasteiger partial charge in [0.2, 0.25) is 5.91 Å². The molecule has 2 N–H and O–H groups in total. The lowest BCUT2D eigenvalue weighted by Gasteiger charge is -2.05. The number of carbonyl (C=O) groups is 2. The predicted molar refractivity (Wildman–Crippen MR) is 53.9 cm³/mol. The third-order valence-corrected chi connectivity index (χ3v) is 1.86. The number of rotatable bonds is 1. The lowest BCUT2D eigenvalue weighted by atomic mass is 10.0. The van der Waals surface area contributed by atoms with E-state index in [0.29, 0.717) is 0 Å². The van der Waals surface area contributed by atoms with E-state index in [9.17, 15) is 4.79 Å². The number of carboxylic acid groups (broad SMARTS) is 1. The van der Waals surface area contributed by atoms with Crippen LogP contribution in [0.1, 0.15) is 26.2 Å². The van der Waals surface area contributed by atoms with Crippen molar-refractivity contribution in [3.05, 3.63) is 12.7 Å². The maximum Gasteiger partial charge on any atom is 0.300 e. The molecular formula is C10H17NO3. The lowest BCUT2D eigenvalue weighted by molar-refractivity contribution is -0.134. The Bertz CT molecular complexity index is 209. The first-order chi connectivity index (χ1) is 6.57. The van der Waals surface area contributed by atoms with Crippen LogP contribution in [0.2, 0.25) is 0 Å². The molecule has 0 aliphatic carbocycles. The largest absolute Gasteiger partial charge is 0.481 e. The summed E-state index contributed by atoms with van der Waals surface area (Å²) in [5, 5.41) is 10.3. The quantitative estimate of drug-likeness (QED) is 0.623. The summed E-state index contributed by atoms with van der Waals surface area (Å²) >= 11 is 0. The van der Waals surface area contributed by atoms with Gasteiger partial charge in [-0.2, -0.15) is 0 Å². The molecule has 0 spiro atoms. The maximum atomic E-state index is 11.1. The summed E-state index contributed by atoms with van der Waals surface area (Å²) in [7, 11) is 0. The first-order valence-electron chi connectivity index (χ1n) is 4.67. The first-order valence-corrected chi connectivity index (χ1v) is 4.67. The van der Waals surface area contributed by atoms with Gasteiger partial charge in [-0.3, -0.25) is 9.59 Å². The van der Waals surface area contributed by atoms with Crippen molar-refractivity contribution in [1.29, 1.82) is 0 Å². The van der Waals surface area contributed by atoms with Gasteiger partial charge < -0.3 is 10.4 Å². The fourth-order valence-electron chi connectivity index (χ4n) is 1.19. The fraction of sp³-hybridized carbons (Fsp3) is 0.600. The van der Waals surface area contributed by atoms with Gasteiger partial charge in [-0.25, -0.2) is 0 Å². The Morgan fingerprint density at radius 1 is 1.64 bits per heavy atom. The average molecular weight is 199 g/mol. The number of hydrogen-bond donors (Lipinski definition) is 2. The summed E-state index contributed by atoms with van der Waals surface area (Å²) < 4.78 is 0. The van der Waals surface area contributed by atoms with Crippen LogP contribution in [0, 0.1) is 5.92 Å². The molecule has 80 valence electrons. The number of aliphatic carboxylic acids is 1. The lowest BCUT2D eigenvalue weighted by Crippen LogP contribution is -2.27. The van der Waals surface area contributed by atoms with Crippen molar-refractivity contribution in [3.63, 3.8) is 0 Å². The molecule has 1 aliphatic heterocycles. The SMILES string of the molecule is C=CC1CCCCNC1=O.CC(=O)O. The van der Waals surface area contributed by atoms with Crippen LogP contribution in [0.25, 0.3) is 0 Å². The molecule has 1 fully saturated rings. The third-order valence-electron chi connectivity index (χ3n) is 1.86. The van der Waals surface area contributed by atoms with E-state index >= 15 is 0 Å². The van der Waals surface area contributed by atoms with Crippen LogP contribution in [-0.4, -0.2) is 23.5 Å². The highest BCUT2D eigenvalue weighted by Crippen LogP contribution is 2.12. The van der Waals surface area contributed by atoms with Gasteiger partial charge in [-0.15, -0.1) is 6.58 Å². The highest BCUT2D eigenvalue weighted by molar-refractivity contribution is 5.80. The van der Waals surface area contributed by atoms with Crippen LogP contribution in [-0.2, 0) is 9.59 Å². The minimum Gasteiger partial charge on any atom is -0.481 e. The summed E-state index contributed by atoms with van der Waals surface area (Å²) in [4.78, 5) is 20.1. The van der Waals surface area contributed by atoms with Crippen molar-refractivity contribution in [2.45, 2.75) is 26.2 Å². The number of carboxylic acids is 1. The second-order valence-electron chi connectivity index (χ2n) is 3.15. The molecular weight excluding hydrogens is 182 g/mol. The molecule has 1 amide bonds. The Morgan fingerprint density at radius 3 is 2.71 bits per heavy atom. The summed E-state index contributed by atoms with van der Waals surface area (Å²) in [6.07, 6.45) is 4.95. The van der Waals surface area contributed by atoms with Crippen molar-refractivity contribution < 1.29 is 14.7 Å². The second kappa shape index (κ2) is 7.12. The van der Waals surface area contributed by atoms with Crippen LogP contribution in [0.5, 0.6) is 0 Å². The molecule has 0 saturated carbocycles. The molecule has 1 saturated heterocycles. The van der Waals surface area contributed by atoms with Gasteiger partial charge in [0.1, 0.15) is 0 Å². The van der Waals surface area contributed by atoms with Gasteiger partial charge in [0, 0.05) is 13.5 Å². The van der Waals surface area contributed by atoms with Crippen molar-refractivity contribution in [2.75, 3.05) is 6.54 Å². The molecule has 14 heavy (non-hydrogen) atoms. The Labute approximate surface area is 84.0 Å². The van der Waals surface area contributed by atoms with Gasteiger partial charge in [0.25, 0.3) is 5.97 Å². The predicted octanol–water partition coefficient (Wildman–Crippen LogP) is 1.18. The molecule has 4 heteroatoms. The van der Waals surface area contributed by atoms with Crippen molar-refractivity contribution >= 4 is 11.9 Å². The van der Waals surface area contributed by atoms with Gasteiger partial charge in [-0.05, 0) is 12.8 Å². The van der Waals surface area contributed by atoms with Gasteiger partial charge in [0.05, 0.1) is 5.92 Å². The number of carbonyl (C=O) groups excluding carboxylic acids is 1. The van der Waals surface area contributed by atoms with E-state index in [1.165, 1.54) is 0 Å². The van der Waals surface area contributed by atoms with Crippen LogP contribution in [0.3, 0.4) is 0 Å². The molecule has 0 aromatic heterocycles. The second-order valence-corrected chi connectivity index (χ2v) is 3.15. The molecule has 1 atom stereocenters. The van der Waals surface area contributed by atoms with E-state index in [4.69, 9.17) is 9.90 Å². The molecule has 1 heterocycles. The molecule has 0 bridgehead atoms. The molecule has 1 rings (SSSR count). The number of nitrogens with one attached hydrogen (secondary N) is 1. The number of amides is 1. The fourth-order valence-corrected chi connectivity index (χ4v) is 1.19. The van der Waals surface area contributed by atoms with Crippen molar-refractivity contribution in [2.24, 2.45) is 5.92 Å². The molecule has 1 aliphatic rings. The smallest absolute Gasteiger partial charge is 0.300 e. The highest BCUT2D eigenvalue weighted by Gasteiger charge is 2.16. The van der Waals surface area contributed by atoms with E-state index in [-0.39, 0.29) is 11.8 Å². The summed E-state index contributed by atoms with van der Waals surface area (Å²) in [6.45, 7) is 5.54. The van der Waals surface area contributed by atoms with E-state index < -0.39 is 5.97 Å².